The van der Waals surface area contributed by atoms with Crippen molar-refractivity contribution >= 4 is 17.7 Å². The largest absolute Gasteiger partial charge is 0.465 e. The van der Waals surface area contributed by atoms with Gasteiger partial charge in [-0.3, -0.25) is 4.79 Å². The normalized spacial score (nSPS) is 37.9. The summed E-state index contributed by atoms with van der Waals surface area (Å²) in [6.07, 6.45) is 8.46. The van der Waals surface area contributed by atoms with Crippen LogP contribution in [-0.2, 0) is 9.53 Å². The summed E-state index contributed by atoms with van der Waals surface area (Å²) in [5, 5.41) is 4.67. The van der Waals surface area contributed by atoms with Crippen LogP contribution in [0.25, 0.3) is 0 Å². The SMILES string of the molecule is CCOC(=O)C1(NC)CCC(SC2CCCC(C)C2)C1. The summed E-state index contributed by atoms with van der Waals surface area (Å²) in [6, 6.07) is 0. The van der Waals surface area contributed by atoms with Gasteiger partial charge in [0.05, 0.1) is 6.61 Å². The Morgan fingerprint density at radius 3 is 2.80 bits per heavy atom. The number of thioether (sulfide) groups is 1. The van der Waals surface area contributed by atoms with E-state index in [4.69, 9.17) is 4.74 Å². The summed E-state index contributed by atoms with van der Waals surface area (Å²) in [5.41, 5.74) is -0.423. The molecule has 0 amide bonds. The second kappa shape index (κ2) is 7.17. The van der Waals surface area contributed by atoms with E-state index in [0.29, 0.717) is 11.9 Å². The molecule has 0 bridgehead atoms. The maximum Gasteiger partial charge on any atom is 0.326 e. The van der Waals surface area contributed by atoms with E-state index in [2.05, 4.69) is 24.0 Å². The molecule has 2 aliphatic carbocycles. The van der Waals surface area contributed by atoms with E-state index >= 15 is 0 Å². The predicted octanol–water partition coefficient (Wildman–Crippen LogP) is 3.37. The summed E-state index contributed by atoms with van der Waals surface area (Å²) < 4.78 is 5.26. The molecule has 0 saturated heterocycles. The van der Waals surface area contributed by atoms with Gasteiger partial charge < -0.3 is 10.1 Å². The number of carbonyl (C=O) groups excluding carboxylic acids is 1. The Labute approximate surface area is 127 Å². The molecule has 4 unspecified atom stereocenters. The van der Waals surface area contributed by atoms with Crippen LogP contribution in [0.4, 0.5) is 0 Å². The highest BCUT2D eigenvalue weighted by Crippen LogP contribution is 2.43. The van der Waals surface area contributed by atoms with Crippen molar-refractivity contribution in [1.29, 1.82) is 0 Å². The number of hydrogen-bond acceptors (Lipinski definition) is 4. The molecule has 116 valence electrons. The molecule has 0 radical (unpaired) electrons. The van der Waals surface area contributed by atoms with Gasteiger partial charge in [-0.15, -0.1) is 0 Å². The average molecular weight is 299 g/mol. The first-order chi connectivity index (χ1) is 9.59. The predicted molar refractivity (Wildman–Crippen MR) is 85.1 cm³/mol. The van der Waals surface area contributed by atoms with E-state index in [1.54, 1.807) is 0 Å². The van der Waals surface area contributed by atoms with Gasteiger partial charge in [-0.2, -0.15) is 11.8 Å². The van der Waals surface area contributed by atoms with Crippen molar-refractivity contribution in [2.24, 2.45) is 5.92 Å². The minimum absolute atomic E-state index is 0.0531. The Bertz CT molecular complexity index is 336. The molecule has 4 atom stereocenters. The zero-order valence-corrected chi connectivity index (χ0v) is 13.9. The standard InChI is InChI=1S/C16H29NO2S/c1-4-19-15(18)16(17-3)9-8-14(11-16)20-13-7-5-6-12(2)10-13/h12-14,17H,4-11H2,1-3H3. The second-order valence-electron chi connectivity index (χ2n) is 6.45. The van der Waals surface area contributed by atoms with Gasteiger partial charge in [0.2, 0.25) is 0 Å². The third kappa shape index (κ3) is 3.70. The monoisotopic (exact) mass is 299 g/mol. The van der Waals surface area contributed by atoms with Gasteiger partial charge >= 0.3 is 5.97 Å². The van der Waals surface area contributed by atoms with Crippen LogP contribution >= 0.6 is 11.8 Å². The molecule has 0 spiro atoms. The molecule has 0 aliphatic heterocycles. The third-order valence-electron chi connectivity index (χ3n) is 4.89. The van der Waals surface area contributed by atoms with Gasteiger partial charge in [-0.1, -0.05) is 19.8 Å². The Hall–Kier alpha value is -0.220. The van der Waals surface area contributed by atoms with E-state index < -0.39 is 5.54 Å². The first-order valence-electron chi connectivity index (χ1n) is 8.11. The minimum Gasteiger partial charge on any atom is -0.465 e. The molecule has 2 rings (SSSR count). The van der Waals surface area contributed by atoms with Crippen molar-refractivity contribution in [3.8, 4) is 0 Å². The van der Waals surface area contributed by atoms with E-state index in [0.717, 1.165) is 30.4 Å². The van der Waals surface area contributed by atoms with Crippen molar-refractivity contribution < 1.29 is 9.53 Å². The molecule has 0 aromatic rings. The van der Waals surface area contributed by atoms with Gasteiger partial charge in [-0.25, -0.2) is 0 Å². The number of ether oxygens (including phenoxy) is 1. The van der Waals surface area contributed by atoms with Crippen LogP contribution in [0, 0.1) is 5.92 Å². The van der Waals surface area contributed by atoms with E-state index in [-0.39, 0.29) is 5.97 Å². The zero-order valence-electron chi connectivity index (χ0n) is 13.1. The third-order valence-corrected chi connectivity index (χ3v) is 6.49. The zero-order chi connectivity index (χ0) is 14.6. The number of nitrogens with one attached hydrogen (secondary N) is 1. The summed E-state index contributed by atoms with van der Waals surface area (Å²) >= 11 is 2.14. The number of rotatable bonds is 5. The van der Waals surface area contributed by atoms with Crippen molar-refractivity contribution in [2.75, 3.05) is 13.7 Å². The van der Waals surface area contributed by atoms with Gasteiger partial charge in [0.15, 0.2) is 0 Å². The number of carbonyl (C=O) groups is 1. The first-order valence-corrected chi connectivity index (χ1v) is 9.05. The lowest BCUT2D eigenvalue weighted by atomic mass is 9.91. The van der Waals surface area contributed by atoms with Crippen molar-refractivity contribution in [3.05, 3.63) is 0 Å². The molecule has 0 aromatic carbocycles. The van der Waals surface area contributed by atoms with E-state index in [9.17, 15) is 4.79 Å². The summed E-state index contributed by atoms with van der Waals surface area (Å²) in [4.78, 5) is 12.2. The molecule has 20 heavy (non-hydrogen) atoms. The average Bonchev–Trinajstić information content (AvgIpc) is 2.84. The van der Waals surface area contributed by atoms with Gasteiger partial charge in [0.1, 0.15) is 5.54 Å². The van der Waals surface area contributed by atoms with Gasteiger partial charge in [-0.05, 0) is 52.0 Å². The molecule has 0 aromatic heterocycles. The van der Waals surface area contributed by atoms with Crippen molar-refractivity contribution in [2.45, 2.75) is 74.8 Å². The fourth-order valence-corrected chi connectivity index (χ4v) is 5.60. The molecule has 2 aliphatic rings. The highest BCUT2D eigenvalue weighted by molar-refractivity contribution is 8.00. The Balaban J connectivity index is 1.88. The summed E-state index contributed by atoms with van der Waals surface area (Å²) in [6.45, 7) is 4.73. The smallest absolute Gasteiger partial charge is 0.326 e. The van der Waals surface area contributed by atoms with E-state index in [1.165, 1.54) is 25.7 Å². The van der Waals surface area contributed by atoms with Crippen LogP contribution < -0.4 is 5.32 Å². The van der Waals surface area contributed by atoms with Crippen LogP contribution in [-0.4, -0.2) is 35.7 Å². The summed E-state index contributed by atoms with van der Waals surface area (Å²) in [7, 11) is 1.90. The van der Waals surface area contributed by atoms with E-state index in [1.807, 2.05) is 14.0 Å². The maximum absolute atomic E-state index is 12.2. The highest BCUT2D eigenvalue weighted by Gasteiger charge is 2.46. The second-order valence-corrected chi connectivity index (χ2v) is 8.05. The van der Waals surface area contributed by atoms with Gasteiger partial charge in [0, 0.05) is 10.5 Å². The molecular formula is C16H29NO2S. The van der Waals surface area contributed by atoms with Crippen LogP contribution in [0.1, 0.15) is 58.8 Å². The fourth-order valence-electron chi connectivity index (χ4n) is 3.67. The Kier molecular flexibility index (Phi) is 5.79. The number of hydrogen-bond donors (Lipinski definition) is 1. The Morgan fingerprint density at radius 2 is 2.15 bits per heavy atom. The lowest BCUT2D eigenvalue weighted by Gasteiger charge is -2.29. The summed E-state index contributed by atoms with van der Waals surface area (Å²) in [5.74, 6) is 0.823. The quantitative estimate of drug-likeness (QED) is 0.790. The molecule has 3 nitrogen and oxygen atoms in total. The molecule has 1 N–H and O–H groups in total. The number of likely N-dealkylation sites (N-methyl/N-ethyl adjacent to an activating group) is 1. The molecule has 2 fully saturated rings. The van der Waals surface area contributed by atoms with Gasteiger partial charge in [0.25, 0.3) is 0 Å². The lowest BCUT2D eigenvalue weighted by molar-refractivity contribution is -0.150. The van der Waals surface area contributed by atoms with Crippen LogP contribution in [0.15, 0.2) is 0 Å². The molecule has 0 heterocycles. The maximum atomic E-state index is 12.2. The van der Waals surface area contributed by atoms with Crippen LogP contribution in [0.5, 0.6) is 0 Å². The molecular weight excluding hydrogens is 270 g/mol. The van der Waals surface area contributed by atoms with Crippen molar-refractivity contribution in [3.63, 3.8) is 0 Å². The minimum atomic E-state index is -0.423. The topological polar surface area (TPSA) is 38.3 Å². The Morgan fingerprint density at radius 1 is 1.35 bits per heavy atom. The first kappa shape index (κ1) is 16.2. The molecule has 4 heteroatoms. The fraction of sp³-hybridized carbons (Fsp3) is 0.938. The molecule has 2 saturated carbocycles. The van der Waals surface area contributed by atoms with Crippen molar-refractivity contribution in [1.82, 2.24) is 5.32 Å². The van der Waals surface area contributed by atoms with Crippen LogP contribution in [0.3, 0.4) is 0 Å². The van der Waals surface area contributed by atoms with Crippen LogP contribution in [0.2, 0.25) is 0 Å². The number of esters is 1. The highest BCUT2D eigenvalue weighted by atomic mass is 32.2. The lowest BCUT2D eigenvalue weighted by Crippen LogP contribution is -2.49.